The van der Waals surface area contributed by atoms with E-state index in [0.29, 0.717) is 0 Å². The van der Waals surface area contributed by atoms with Crippen LogP contribution >= 0.6 is 22.7 Å². The summed E-state index contributed by atoms with van der Waals surface area (Å²) in [6, 6.07) is 8.23. The summed E-state index contributed by atoms with van der Waals surface area (Å²) in [6.07, 6.45) is 1.80. The number of aryl methyl sites for hydroxylation is 1. The van der Waals surface area contributed by atoms with Gasteiger partial charge < -0.3 is 0 Å². The van der Waals surface area contributed by atoms with Gasteiger partial charge >= 0.3 is 0 Å². The van der Waals surface area contributed by atoms with Crippen LogP contribution < -0.4 is 0 Å². The first-order chi connectivity index (χ1) is 8.31. The zero-order chi connectivity index (χ0) is 11.7. The number of hydrogen-bond donors (Lipinski definition) is 0. The number of aromatic nitrogens is 1. The molecule has 0 aliphatic carbocycles. The molecule has 82 valence electrons. The van der Waals surface area contributed by atoms with E-state index in [1.807, 2.05) is 19.1 Å². The molecule has 0 saturated carbocycles. The normalized spacial score (nSPS) is 10.2. The van der Waals surface area contributed by atoms with E-state index < -0.39 is 0 Å². The van der Waals surface area contributed by atoms with Crippen LogP contribution in [0.1, 0.15) is 16.1 Å². The Kier molecular flexibility index (Phi) is 2.68. The van der Waals surface area contributed by atoms with Crippen LogP contribution in [-0.2, 0) is 0 Å². The highest BCUT2D eigenvalue weighted by Gasteiger charge is 1.99. The summed E-state index contributed by atoms with van der Waals surface area (Å²) in [4.78, 5) is 5.28. The Hall–Kier alpha value is -1.63. The van der Waals surface area contributed by atoms with Gasteiger partial charge in [-0.25, -0.2) is 0 Å². The molecule has 0 bridgehead atoms. The van der Waals surface area contributed by atoms with Gasteiger partial charge in [0, 0.05) is 22.8 Å². The standard InChI is InChI=1S/C14H9NS2/c1-10-8-11(4-6-15-10)2-3-13-9-12-5-7-16-14(12)17-13/h4-9H,1H3. The fraction of sp³-hybridized carbons (Fsp3) is 0.0714. The van der Waals surface area contributed by atoms with Gasteiger partial charge in [0.05, 0.1) is 8.89 Å². The molecule has 0 aliphatic heterocycles. The molecule has 0 spiro atoms. The molecular formula is C14H9NS2. The monoisotopic (exact) mass is 255 g/mol. The molecule has 0 unspecified atom stereocenters. The fourth-order valence-electron chi connectivity index (χ4n) is 1.58. The summed E-state index contributed by atoms with van der Waals surface area (Å²) in [5.74, 6) is 6.39. The van der Waals surface area contributed by atoms with Crippen LogP contribution in [0.5, 0.6) is 0 Å². The van der Waals surface area contributed by atoms with Crippen molar-refractivity contribution in [3.8, 4) is 11.8 Å². The van der Waals surface area contributed by atoms with Crippen LogP contribution in [0, 0.1) is 18.8 Å². The highest BCUT2D eigenvalue weighted by atomic mass is 32.2. The Morgan fingerprint density at radius 3 is 2.94 bits per heavy atom. The molecule has 3 aromatic rings. The molecule has 0 saturated heterocycles. The minimum atomic E-state index is 1.00. The van der Waals surface area contributed by atoms with Crippen LogP contribution in [0.15, 0.2) is 35.8 Å². The largest absolute Gasteiger partial charge is 0.262 e. The van der Waals surface area contributed by atoms with E-state index in [9.17, 15) is 0 Å². The maximum absolute atomic E-state index is 4.16. The first-order valence-corrected chi connectivity index (χ1v) is 6.92. The lowest BCUT2D eigenvalue weighted by molar-refractivity contribution is 1.19. The van der Waals surface area contributed by atoms with Gasteiger partial charge in [0.15, 0.2) is 0 Å². The molecule has 0 aliphatic rings. The molecule has 3 heteroatoms. The van der Waals surface area contributed by atoms with Crippen molar-refractivity contribution in [3.63, 3.8) is 0 Å². The molecular weight excluding hydrogens is 246 g/mol. The zero-order valence-electron chi connectivity index (χ0n) is 9.23. The fourth-order valence-corrected chi connectivity index (χ4v) is 3.55. The predicted octanol–water partition coefficient (Wildman–Crippen LogP) is 4.07. The third-order valence-electron chi connectivity index (χ3n) is 2.37. The van der Waals surface area contributed by atoms with E-state index in [1.54, 1.807) is 28.9 Å². The molecule has 3 heterocycles. The van der Waals surface area contributed by atoms with E-state index in [0.717, 1.165) is 16.1 Å². The molecule has 0 fully saturated rings. The summed E-state index contributed by atoms with van der Waals surface area (Å²) < 4.78 is 1.35. The van der Waals surface area contributed by atoms with Crippen molar-refractivity contribution in [1.29, 1.82) is 0 Å². The van der Waals surface area contributed by atoms with Gasteiger partial charge in [0.1, 0.15) is 0 Å². The van der Waals surface area contributed by atoms with Crippen molar-refractivity contribution in [1.82, 2.24) is 4.98 Å². The second-order valence-corrected chi connectivity index (χ2v) is 5.94. The van der Waals surface area contributed by atoms with Crippen LogP contribution in [0.4, 0.5) is 0 Å². The van der Waals surface area contributed by atoms with Gasteiger partial charge in [-0.2, -0.15) is 0 Å². The van der Waals surface area contributed by atoms with Gasteiger partial charge in [-0.1, -0.05) is 11.8 Å². The third-order valence-corrected chi connectivity index (χ3v) is 4.50. The topological polar surface area (TPSA) is 12.9 Å². The molecule has 0 amide bonds. The number of thiophene rings is 2. The number of rotatable bonds is 0. The zero-order valence-corrected chi connectivity index (χ0v) is 10.9. The van der Waals surface area contributed by atoms with Crippen LogP contribution in [0.2, 0.25) is 0 Å². The van der Waals surface area contributed by atoms with Crippen molar-refractivity contribution < 1.29 is 0 Å². The highest BCUT2D eigenvalue weighted by Crippen LogP contribution is 2.29. The van der Waals surface area contributed by atoms with Gasteiger partial charge in [-0.3, -0.25) is 4.98 Å². The Morgan fingerprint density at radius 1 is 1.18 bits per heavy atom. The number of hydrogen-bond acceptors (Lipinski definition) is 3. The minimum absolute atomic E-state index is 1.00. The lowest BCUT2D eigenvalue weighted by Gasteiger charge is -1.90. The van der Waals surface area contributed by atoms with E-state index in [2.05, 4.69) is 34.3 Å². The van der Waals surface area contributed by atoms with Crippen LogP contribution in [0.25, 0.3) is 9.40 Å². The summed E-state index contributed by atoms with van der Waals surface area (Å²) in [7, 11) is 0. The van der Waals surface area contributed by atoms with Crippen molar-refractivity contribution in [2.45, 2.75) is 6.92 Å². The first-order valence-electron chi connectivity index (χ1n) is 5.23. The van der Waals surface area contributed by atoms with E-state index in [4.69, 9.17) is 0 Å². The van der Waals surface area contributed by atoms with Crippen molar-refractivity contribution >= 4 is 32.1 Å². The molecule has 1 nitrogen and oxygen atoms in total. The SMILES string of the molecule is Cc1cc(C#Cc2cc3ccsc3s2)ccn1. The van der Waals surface area contributed by atoms with Gasteiger partial charge in [-0.15, -0.1) is 22.7 Å². The summed E-state index contributed by atoms with van der Waals surface area (Å²) in [6.45, 7) is 1.98. The van der Waals surface area contributed by atoms with E-state index in [-0.39, 0.29) is 0 Å². The summed E-state index contributed by atoms with van der Waals surface area (Å²) in [5, 5.41) is 3.42. The Bertz CT molecular complexity index is 697. The number of fused-ring (bicyclic) bond motifs is 1. The highest BCUT2D eigenvalue weighted by molar-refractivity contribution is 7.37. The molecule has 17 heavy (non-hydrogen) atoms. The van der Waals surface area contributed by atoms with E-state index in [1.165, 1.54) is 9.40 Å². The third kappa shape index (κ3) is 2.23. The van der Waals surface area contributed by atoms with Crippen LogP contribution in [0.3, 0.4) is 0 Å². The van der Waals surface area contributed by atoms with Gasteiger partial charge in [0.2, 0.25) is 0 Å². The molecule has 0 aromatic carbocycles. The van der Waals surface area contributed by atoms with Crippen molar-refractivity contribution in [2.75, 3.05) is 0 Å². The number of pyridine rings is 1. The average Bonchev–Trinajstić information content (AvgIpc) is 2.86. The minimum Gasteiger partial charge on any atom is -0.262 e. The molecule has 3 rings (SSSR count). The maximum atomic E-state index is 4.16. The second-order valence-electron chi connectivity index (χ2n) is 3.71. The average molecular weight is 255 g/mol. The van der Waals surface area contributed by atoms with E-state index >= 15 is 0 Å². The molecule has 3 aromatic heterocycles. The Balaban J connectivity index is 1.95. The molecule has 0 atom stereocenters. The second kappa shape index (κ2) is 4.33. The van der Waals surface area contributed by atoms with Gasteiger partial charge in [0.25, 0.3) is 0 Å². The summed E-state index contributed by atoms with van der Waals surface area (Å²) in [5.41, 5.74) is 2.03. The van der Waals surface area contributed by atoms with Crippen LogP contribution in [-0.4, -0.2) is 4.98 Å². The lowest BCUT2D eigenvalue weighted by Crippen LogP contribution is -1.80. The van der Waals surface area contributed by atoms with Crippen molar-refractivity contribution in [2.24, 2.45) is 0 Å². The van der Waals surface area contributed by atoms with Gasteiger partial charge in [-0.05, 0) is 36.6 Å². The lowest BCUT2D eigenvalue weighted by atomic mass is 10.2. The first kappa shape index (κ1) is 10.5. The smallest absolute Gasteiger partial charge is 0.0878 e. The Morgan fingerprint density at radius 2 is 2.12 bits per heavy atom. The number of nitrogens with zero attached hydrogens (tertiary/aromatic N) is 1. The Labute approximate surface area is 108 Å². The maximum Gasteiger partial charge on any atom is 0.0878 e. The van der Waals surface area contributed by atoms with Crippen molar-refractivity contribution in [3.05, 3.63) is 52.0 Å². The predicted molar refractivity (Wildman–Crippen MR) is 74.7 cm³/mol. The quantitative estimate of drug-likeness (QED) is 0.552. The molecule has 0 N–H and O–H groups in total. The summed E-state index contributed by atoms with van der Waals surface area (Å²) >= 11 is 3.53. The molecule has 0 radical (unpaired) electrons.